The summed E-state index contributed by atoms with van der Waals surface area (Å²) in [6.45, 7) is 6.71. The van der Waals surface area contributed by atoms with Gasteiger partial charge in [-0.1, -0.05) is 63.6 Å². The molecule has 5 nitrogen and oxygen atoms in total. The topological polar surface area (TPSA) is 61.4 Å². The van der Waals surface area contributed by atoms with Crippen LogP contribution in [0.1, 0.15) is 52.0 Å². The molecule has 1 saturated carbocycles. The average Bonchev–Trinajstić information content (AvgIpc) is 3.58. The number of allylic oxidation sites excluding steroid dienone is 1. The standard InChI is InChI=1S/C22H27N3O2.C2H6/c1-3-4-10-20-19(22(27)23-2)13-17(21(26)24-18-11-12-18)15-25(20)14-16-8-6-5-7-9-16;1-2/h5-10,13,15,18H,3-4,11-12,14H2,1-2H3,(H,23,27)(H,24,26);1-2H3/b20-10+;. The zero-order valence-corrected chi connectivity index (χ0v) is 18.0. The Bertz CT molecular complexity index is 790. The van der Waals surface area contributed by atoms with Gasteiger partial charge < -0.3 is 15.5 Å². The van der Waals surface area contributed by atoms with E-state index in [1.807, 2.05) is 55.3 Å². The fourth-order valence-corrected chi connectivity index (χ4v) is 3.02. The molecule has 2 aliphatic rings. The molecule has 0 spiro atoms. The van der Waals surface area contributed by atoms with Gasteiger partial charge in [-0.25, -0.2) is 0 Å². The van der Waals surface area contributed by atoms with Gasteiger partial charge in [0.15, 0.2) is 0 Å². The van der Waals surface area contributed by atoms with E-state index in [0.717, 1.165) is 36.9 Å². The van der Waals surface area contributed by atoms with Crippen molar-refractivity contribution in [2.24, 2.45) is 0 Å². The molecular weight excluding hydrogens is 362 g/mol. The van der Waals surface area contributed by atoms with E-state index in [9.17, 15) is 9.59 Å². The second-order valence-electron chi connectivity index (χ2n) is 6.96. The maximum absolute atomic E-state index is 12.6. The third-order valence-electron chi connectivity index (χ3n) is 4.65. The van der Waals surface area contributed by atoms with Crippen molar-refractivity contribution in [2.75, 3.05) is 7.05 Å². The lowest BCUT2D eigenvalue weighted by Crippen LogP contribution is -2.33. The van der Waals surface area contributed by atoms with Crippen LogP contribution < -0.4 is 10.6 Å². The lowest BCUT2D eigenvalue weighted by Gasteiger charge is -2.30. The third kappa shape index (κ3) is 6.34. The minimum absolute atomic E-state index is 0.119. The number of carbonyl (C=O) groups is 2. The van der Waals surface area contributed by atoms with E-state index >= 15 is 0 Å². The third-order valence-corrected chi connectivity index (χ3v) is 4.65. The van der Waals surface area contributed by atoms with Crippen LogP contribution in [-0.4, -0.2) is 29.8 Å². The fraction of sp³-hybridized carbons (Fsp3) is 0.417. The first-order valence-corrected chi connectivity index (χ1v) is 10.6. The first-order valence-electron chi connectivity index (χ1n) is 10.6. The second kappa shape index (κ2) is 11.2. The predicted molar refractivity (Wildman–Crippen MR) is 118 cm³/mol. The smallest absolute Gasteiger partial charge is 0.253 e. The molecule has 1 aliphatic carbocycles. The molecule has 0 aromatic heterocycles. The minimum atomic E-state index is -0.180. The van der Waals surface area contributed by atoms with Crippen molar-refractivity contribution < 1.29 is 9.59 Å². The van der Waals surface area contributed by atoms with Crippen LogP contribution in [0, 0.1) is 0 Å². The second-order valence-corrected chi connectivity index (χ2v) is 6.96. The van der Waals surface area contributed by atoms with E-state index in [0.29, 0.717) is 17.7 Å². The average molecular weight is 396 g/mol. The Morgan fingerprint density at radius 3 is 2.41 bits per heavy atom. The van der Waals surface area contributed by atoms with Gasteiger partial charge in [-0.15, -0.1) is 0 Å². The van der Waals surface area contributed by atoms with E-state index in [1.165, 1.54) is 0 Å². The van der Waals surface area contributed by atoms with Gasteiger partial charge in [-0.2, -0.15) is 0 Å². The Morgan fingerprint density at radius 2 is 1.83 bits per heavy atom. The van der Waals surface area contributed by atoms with Gasteiger partial charge in [0.1, 0.15) is 0 Å². The fourth-order valence-electron chi connectivity index (χ4n) is 3.02. The van der Waals surface area contributed by atoms with Gasteiger partial charge in [0, 0.05) is 31.5 Å². The zero-order valence-electron chi connectivity index (χ0n) is 18.0. The number of hydrogen-bond donors (Lipinski definition) is 2. The van der Waals surface area contributed by atoms with E-state index in [2.05, 4.69) is 23.6 Å². The Kier molecular flexibility index (Phi) is 8.71. The molecule has 5 heteroatoms. The summed E-state index contributed by atoms with van der Waals surface area (Å²) in [5.74, 6) is -0.299. The number of carbonyl (C=O) groups excluding carboxylic acids is 2. The summed E-state index contributed by atoms with van der Waals surface area (Å²) in [5, 5.41) is 5.72. The summed E-state index contributed by atoms with van der Waals surface area (Å²) < 4.78 is 0. The Morgan fingerprint density at radius 1 is 1.14 bits per heavy atom. The summed E-state index contributed by atoms with van der Waals surface area (Å²) in [4.78, 5) is 27.2. The van der Waals surface area contributed by atoms with E-state index in [-0.39, 0.29) is 17.9 Å². The van der Waals surface area contributed by atoms with Crippen LogP contribution in [0.15, 0.2) is 65.5 Å². The normalized spacial score (nSPS) is 17.0. The highest BCUT2D eigenvalue weighted by molar-refractivity contribution is 6.04. The predicted octanol–water partition coefficient (Wildman–Crippen LogP) is 4.05. The number of hydrogen-bond acceptors (Lipinski definition) is 3. The number of unbranched alkanes of at least 4 members (excludes halogenated alkanes) is 1. The summed E-state index contributed by atoms with van der Waals surface area (Å²) in [5.41, 5.74) is 3.02. The zero-order chi connectivity index (χ0) is 21.2. The van der Waals surface area contributed by atoms with Gasteiger partial charge in [0.25, 0.3) is 11.8 Å². The van der Waals surface area contributed by atoms with Gasteiger partial charge in [-0.05, 0) is 30.9 Å². The molecule has 3 rings (SSSR count). The largest absolute Gasteiger partial charge is 0.355 e. The first kappa shape index (κ1) is 22.5. The molecule has 1 fully saturated rings. The highest BCUT2D eigenvalue weighted by Crippen LogP contribution is 2.28. The monoisotopic (exact) mass is 395 g/mol. The molecule has 1 aromatic carbocycles. The molecule has 0 bridgehead atoms. The highest BCUT2D eigenvalue weighted by atomic mass is 16.2. The van der Waals surface area contributed by atoms with Crippen LogP contribution in [0.3, 0.4) is 0 Å². The van der Waals surface area contributed by atoms with Crippen molar-refractivity contribution in [3.63, 3.8) is 0 Å². The van der Waals surface area contributed by atoms with Crippen LogP contribution in [0.5, 0.6) is 0 Å². The summed E-state index contributed by atoms with van der Waals surface area (Å²) >= 11 is 0. The lowest BCUT2D eigenvalue weighted by atomic mass is 10.00. The molecule has 0 unspecified atom stereocenters. The Hall–Kier alpha value is -2.82. The number of benzene rings is 1. The van der Waals surface area contributed by atoms with Gasteiger partial charge in [0.05, 0.1) is 11.1 Å². The summed E-state index contributed by atoms with van der Waals surface area (Å²) in [6.07, 6.45) is 9.56. The Labute approximate surface area is 174 Å². The Balaban J connectivity index is 0.00000145. The summed E-state index contributed by atoms with van der Waals surface area (Å²) in [6, 6.07) is 10.3. The van der Waals surface area contributed by atoms with Crippen LogP contribution in [-0.2, 0) is 16.1 Å². The molecule has 2 N–H and O–H groups in total. The maximum Gasteiger partial charge on any atom is 0.253 e. The molecule has 0 saturated heterocycles. The van der Waals surface area contributed by atoms with Crippen LogP contribution in [0.25, 0.3) is 0 Å². The van der Waals surface area contributed by atoms with Crippen molar-refractivity contribution >= 4 is 11.8 Å². The molecule has 1 heterocycles. The van der Waals surface area contributed by atoms with Gasteiger partial charge in [0.2, 0.25) is 0 Å². The molecule has 1 aromatic rings. The van der Waals surface area contributed by atoms with Crippen LogP contribution in [0.2, 0.25) is 0 Å². The molecule has 1 aliphatic heterocycles. The maximum atomic E-state index is 12.6. The number of nitrogens with one attached hydrogen (secondary N) is 2. The number of rotatable bonds is 7. The number of likely N-dealkylation sites (N-methyl/N-ethyl adjacent to an activating group) is 1. The van der Waals surface area contributed by atoms with Crippen molar-refractivity contribution in [3.8, 4) is 0 Å². The summed E-state index contributed by atoms with van der Waals surface area (Å²) in [7, 11) is 1.62. The minimum Gasteiger partial charge on any atom is -0.355 e. The highest BCUT2D eigenvalue weighted by Gasteiger charge is 2.28. The van der Waals surface area contributed by atoms with Crippen molar-refractivity contribution in [2.45, 2.75) is 59.0 Å². The van der Waals surface area contributed by atoms with Crippen LogP contribution in [0.4, 0.5) is 0 Å². The van der Waals surface area contributed by atoms with Crippen molar-refractivity contribution in [1.29, 1.82) is 0 Å². The molecular formula is C24H33N3O2. The molecule has 29 heavy (non-hydrogen) atoms. The van der Waals surface area contributed by atoms with E-state index in [1.54, 1.807) is 13.1 Å². The number of nitrogens with zero attached hydrogens (tertiary/aromatic N) is 1. The van der Waals surface area contributed by atoms with E-state index < -0.39 is 0 Å². The molecule has 156 valence electrons. The van der Waals surface area contributed by atoms with Gasteiger partial charge in [-0.3, -0.25) is 9.59 Å². The van der Waals surface area contributed by atoms with Crippen molar-refractivity contribution in [3.05, 3.63) is 71.1 Å². The van der Waals surface area contributed by atoms with E-state index in [4.69, 9.17) is 0 Å². The van der Waals surface area contributed by atoms with Gasteiger partial charge >= 0.3 is 0 Å². The first-order chi connectivity index (χ1) is 14.1. The molecule has 0 atom stereocenters. The SMILES string of the molecule is CC.CCC/C=C1\C(C(=O)NC)=CC(C(=O)NC2CC2)=CN1Cc1ccccc1. The van der Waals surface area contributed by atoms with Crippen LogP contribution >= 0.6 is 0 Å². The molecule has 2 amide bonds. The quantitative estimate of drug-likeness (QED) is 0.732. The molecule has 0 radical (unpaired) electrons. The number of amides is 2. The lowest BCUT2D eigenvalue weighted by molar-refractivity contribution is -0.117. The van der Waals surface area contributed by atoms with Crippen molar-refractivity contribution in [1.82, 2.24) is 15.5 Å².